The average molecular weight is 180 g/mol. The second kappa shape index (κ2) is 4.15. The number of aryl methyl sites for hydroxylation is 1. The van der Waals surface area contributed by atoms with E-state index in [1.807, 2.05) is 25.1 Å². The Balaban J connectivity index is 3.01. The molecule has 0 unspecified atom stereocenters. The summed E-state index contributed by atoms with van der Waals surface area (Å²) in [6.45, 7) is 2.37. The quantitative estimate of drug-likeness (QED) is 0.606. The van der Waals surface area contributed by atoms with Gasteiger partial charge in [0, 0.05) is 10.6 Å². The summed E-state index contributed by atoms with van der Waals surface area (Å²) in [5, 5.41) is 0.741. The third kappa shape index (κ3) is 2.27. The summed E-state index contributed by atoms with van der Waals surface area (Å²) in [6.07, 6.45) is 0. The zero-order valence-corrected chi connectivity index (χ0v) is 7.65. The highest BCUT2D eigenvalue weighted by Crippen LogP contribution is 2.13. The van der Waals surface area contributed by atoms with Gasteiger partial charge in [-0.3, -0.25) is 0 Å². The number of hydrogen-bond acceptors (Lipinski definition) is 1. The fraction of sp³-hybridized carbons (Fsp3) is 0.200. The lowest BCUT2D eigenvalue weighted by atomic mass is 10.1. The van der Waals surface area contributed by atoms with Crippen molar-refractivity contribution in [2.24, 2.45) is 5.73 Å². The summed E-state index contributed by atoms with van der Waals surface area (Å²) >= 11 is 5.78. The Morgan fingerprint density at radius 3 is 2.83 bits per heavy atom. The first kappa shape index (κ1) is 9.12. The highest BCUT2D eigenvalue weighted by atomic mass is 35.5. The summed E-state index contributed by atoms with van der Waals surface area (Å²) in [6, 6.07) is 5.62. The number of nitrogens with two attached hydrogens (primary N) is 1. The maximum Gasteiger partial charge on any atom is 0.0555 e. The van der Waals surface area contributed by atoms with E-state index in [1.165, 1.54) is 0 Å². The van der Waals surface area contributed by atoms with Crippen LogP contribution in [-0.4, -0.2) is 6.54 Å². The maximum absolute atomic E-state index is 5.78. The highest BCUT2D eigenvalue weighted by Gasteiger charge is 1.93. The van der Waals surface area contributed by atoms with Crippen molar-refractivity contribution in [3.63, 3.8) is 0 Å². The molecule has 1 nitrogen and oxygen atoms in total. The van der Waals surface area contributed by atoms with Crippen molar-refractivity contribution < 1.29 is 0 Å². The minimum absolute atomic E-state index is 0.391. The molecule has 0 aromatic heterocycles. The van der Waals surface area contributed by atoms with Crippen LogP contribution in [0.2, 0.25) is 5.02 Å². The van der Waals surface area contributed by atoms with E-state index in [-0.39, 0.29) is 0 Å². The van der Waals surface area contributed by atoms with Crippen molar-refractivity contribution in [3.8, 4) is 11.8 Å². The summed E-state index contributed by atoms with van der Waals surface area (Å²) in [5.74, 6) is 5.77. The van der Waals surface area contributed by atoms with Crippen LogP contribution in [0, 0.1) is 18.8 Å². The van der Waals surface area contributed by atoms with Crippen LogP contribution in [0.5, 0.6) is 0 Å². The maximum atomic E-state index is 5.78. The summed E-state index contributed by atoms with van der Waals surface area (Å²) in [7, 11) is 0. The minimum atomic E-state index is 0.391. The molecule has 0 amide bonds. The van der Waals surface area contributed by atoms with Crippen molar-refractivity contribution in [2.75, 3.05) is 6.54 Å². The van der Waals surface area contributed by atoms with Crippen LogP contribution in [0.25, 0.3) is 0 Å². The predicted octanol–water partition coefficient (Wildman–Crippen LogP) is 1.96. The fourth-order valence-corrected chi connectivity index (χ4v) is 1.14. The van der Waals surface area contributed by atoms with Crippen molar-refractivity contribution in [3.05, 3.63) is 34.3 Å². The molecule has 0 atom stereocenters. The molecule has 0 saturated carbocycles. The van der Waals surface area contributed by atoms with Crippen LogP contribution in [0.4, 0.5) is 0 Å². The van der Waals surface area contributed by atoms with E-state index in [4.69, 9.17) is 17.3 Å². The molecule has 2 heteroatoms. The molecule has 0 aliphatic rings. The molecule has 0 aliphatic heterocycles. The number of benzene rings is 1. The van der Waals surface area contributed by atoms with Gasteiger partial charge in [0.1, 0.15) is 0 Å². The third-order valence-electron chi connectivity index (χ3n) is 1.51. The van der Waals surface area contributed by atoms with Crippen LogP contribution in [0.15, 0.2) is 18.2 Å². The topological polar surface area (TPSA) is 26.0 Å². The Kier molecular flexibility index (Phi) is 3.16. The Labute approximate surface area is 77.5 Å². The zero-order chi connectivity index (χ0) is 8.97. The number of hydrogen-bond donors (Lipinski definition) is 1. The van der Waals surface area contributed by atoms with Gasteiger partial charge in [0.05, 0.1) is 6.54 Å². The zero-order valence-electron chi connectivity index (χ0n) is 6.89. The smallest absolute Gasteiger partial charge is 0.0555 e. The summed E-state index contributed by atoms with van der Waals surface area (Å²) in [5.41, 5.74) is 7.33. The van der Waals surface area contributed by atoms with Gasteiger partial charge < -0.3 is 5.73 Å². The molecule has 1 aromatic carbocycles. The first-order chi connectivity index (χ1) is 5.74. The molecule has 0 spiro atoms. The monoisotopic (exact) mass is 179 g/mol. The van der Waals surface area contributed by atoms with Crippen molar-refractivity contribution in [1.29, 1.82) is 0 Å². The van der Waals surface area contributed by atoms with Gasteiger partial charge in [-0.05, 0) is 30.7 Å². The van der Waals surface area contributed by atoms with Gasteiger partial charge in [-0.2, -0.15) is 0 Å². The van der Waals surface area contributed by atoms with Crippen LogP contribution in [0.1, 0.15) is 11.1 Å². The first-order valence-electron chi connectivity index (χ1n) is 3.69. The second-order valence-corrected chi connectivity index (χ2v) is 2.90. The molecule has 0 fully saturated rings. The van der Waals surface area contributed by atoms with E-state index in [0.29, 0.717) is 6.54 Å². The van der Waals surface area contributed by atoms with Gasteiger partial charge in [-0.15, -0.1) is 0 Å². The van der Waals surface area contributed by atoms with Crippen LogP contribution in [0.3, 0.4) is 0 Å². The molecule has 0 radical (unpaired) electrons. The van der Waals surface area contributed by atoms with Crippen molar-refractivity contribution in [2.45, 2.75) is 6.92 Å². The lowest BCUT2D eigenvalue weighted by Gasteiger charge is -1.97. The number of rotatable bonds is 0. The average Bonchev–Trinajstić information content (AvgIpc) is 2.03. The van der Waals surface area contributed by atoms with Gasteiger partial charge in [0.2, 0.25) is 0 Å². The van der Waals surface area contributed by atoms with Crippen LogP contribution >= 0.6 is 11.6 Å². The summed E-state index contributed by atoms with van der Waals surface area (Å²) < 4.78 is 0. The first-order valence-corrected chi connectivity index (χ1v) is 4.07. The van der Waals surface area contributed by atoms with Crippen molar-refractivity contribution >= 4 is 11.6 Å². The molecular weight excluding hydrogens is 170 g/mol. The molecular formula is C10H10ClN. The minimum Gasteiger partial charge on any atom is -0.320 e. The Hall–Kier alpha value is -0.970. The van der Waals surface area contributed by atoms with Gasteiger partial charge in [0.15, 0.2) is 0 Å². The molecule has 2 N–H and O–H groups in total. The lowest BCUT2D eigenvalue weighted by molar-refractivity contribution is 1.30. The van der Waals surface area contributed by atoms with Gasteiger partial charge in [-0.1, -0.05) is 23.4 Å². The van der Waals surface area contributed by atoms with Crippen LogP contribution in [-0.2, 0) is 0 Å². The fourth-order valence-electron chi connectivity index (χ4n) is 0.914. The Morgan fingerprint density at radius 1 is 1.50 bits per heavy atom. The SMILES string of the molecule is Cc1cc(Cl)ccc1C#CCN. The second-order valence-electron chi connectivity index (χ2n) is 2.47. The van der Waals surface area contributed by atoms with E-state index in [2.05, 4.69) is 11.8 Å². The predicted molar refractivity (Wildman–Crippen MR) is 52.1 cm³/mol. The molecule has 1 rings (SSSR count). The Morgan fingerprint density at radius 2 is 2.25 bits per heavy atom. The molecule has 0 aliphatic carbocycles. The standard InChI is InChI=1S/C10H10ClN/c1-8-7-10(11)5-4-9(8)3-2-6-12/h4-5,7H,6,12H2,1H3. The van der Waals surface area contributed by atoms with E-state index in [1.54, 1.807) is 0 Å². The van der Waals surface area contributed by atoms with Crippen molar-refractivity contribution in [1.82, 2.24) is 0 Å². The largest absolute Gasteiger partial charge is 0.320 e. The molecule has 12 heavy (non-hydrogen) atoms. The van der Waals surface area contributed by atoms with E-state index in [0.717, 1.165) is 16.1 Å². The normalized spacial score (nSPS) is 8.92. The van der Waals surface area contributed by atoms with E-state index >= 15 is 0 Å². The number of halogens is 1. The molecule has 0 heterocycles. The lowest BCUT2D eigenvalue weighted by Crippen LogP contribution is -1.93. The molecule has 0 bridgehead atoms. The third-order valence-corrected chi connectivity index (χ3v) is 1.75. The molecule has 1 aromatic rings. The van der Waals surface area contributed by atoms with E-state index in [9.17, 15) is 0 Å². The highest BCUT2D eigenvalue weighted by molar-refractivity contribution is 6.30. The summed E-state index contributed by atoms with van der Waals surface area (Å²) in [4.78, 5) is 0. The molecule has 0 saturated heterocycles. The Bertz CT molecular complexity index is 333. The van der Waals surface area contributed by atoms with Crippen LogP contribution < -0.4 is 5.73 Å². The molecule has 62 valence electrons. The van der Waals surface area contributed by atoms with Gasteiger partial charge in [-0.25, -0.2) is 0 Å². The van der Waals surface area contributed by atoms with Gasteiger partial charge in [0.25, 0.3) is 0 Å². The van der Waals surface area contributed by atoms with E-state index < -0.39 is 0 Å². The van der Waals surface area contributed by atoms with Gasteiger partial charge >= 0.3 is 0 Å².